The fourth-order valence-corrected chi connectivity index (χ4v) is 78.2. The van der Waals surface area contributed by atoms with E-state index in [2.05, 4.69) is 260 Å². The molecule has 0 bridgehead atoms. The number of hydrogen-bond acceptors (Lipinski definition) is 4. The summed E-state index contributed by atoms with van der Waals surface area (Å²) in [5.41, 5.74) is 19.8. The van der Waals surface area contributed by atoms with Crippen molar-refractivity contribution in [1.82, 2.24) is 0 Å². The van der Waals surface area contributed by atoms with Crippen LogP contribution in [0.2, 0.25) is 12.5 Å². The molecule has 4 aromatic rings. The molecule has 2 heterocycles. The van der Waals surface area contributed by atoms with Gasteiger partial charge in [0.2, 0.25) is 0 Å². The summed E-state index contributed by atoms with van der Waals surface area (Å²) in [7, 11) is 29.4. The fourth-order valence-electron chi connectivity index (χ4n) is 21.1. The van der Waals surface area contributed by atoms with Gasteiger partial charge in [-0.3, -0.25) is 0 Å². The molecule has 4 nitrogen and oxygen atoms in total. The number of hydrogen-bond donors (Lipinski definition) is 0. The van der Waals surface area contributed by atoms with E-state index in [1.54, 1.807) is 28.4 Å². The van der Waals surface area contributed by atoms with Crippen LogP contribution in [0.5, 0.6) is 23.0 Å². The molecule has 8 aliphatic carbocycles. The summed E-state index contributed by atoms with van der Waals surface area (Å²) < 4.78 is 19.5. The van der Waals surface area contributed by atoms with E-state index < -0.39 is 27.4 Å². The zero-order chi connectivity index (χ0) is 57.7. The molecule has 8 unspecified atom stereocenters. The van der Waals surface area contributed by atoms with Gasteiger partial charge in [0.1, 0.15) is 0 Å². The molecule has 2 saturated heterocycles. The predicted molar refractivity (Wildman–Crippen MR) is 340 cm³/mol. The molecule has 10 aliphatic rings. The Bertz CT molecular complexity index is 3530. The molecule has 2 aliphatic heterocycles. The van der Waals surface area contributed by atoms with E-state index in [1.165, 1.54) is 89.1 Å². The van der Waals surface area contributed by atoms with Crippen molar-refractivity contribution in [3.8, 4) is 23.0 Å². The number of ether oxygens (including phenoxy) is 4. The van der Waals surface area contributed by atoms with Gasteiger partial charge in [-0.05, 0) is 0 Å². The summed E-state index contributed by atoms with van der Waals surface area (Å²) in [6, 6.07) is 34.7. The van der Waals surface area contributed by atoms with Crippen LogP contribution in [0.3, 0.4) is 0 Å². The second-order valence-electron chi connectivity index (χ2n) is 25.0. The summed E-state index contributed by atoms with van der Waals surface area (Å²) in [5.74, 6) is 2.64. The summed E-state index contributed by atoms with van der Waals surface area (Å²) in [6.07, 6.45) is 47.7. The van der Waals surface area contributed by atoms with Gasteiger partial charge in [-0.1, -0.05) is 0 Å². The Kier molecular flexibility index (Phi) is 12.1. The van der Waals surface area contributed by atoms with Crippen molar-refractivity contribution in [2.45, 2.75) is 77.7 Å². The van der Waals surface area contributed by atoms with Crippen LogP contribution in [-0.4, -0.2) is 28.4 Å². The van der Waals surface area contributed by atoms with E-state index in [0.29, 0.717) is 0 Å². The molecule has 0 amide bonds. The first kappa shape index (κ1) is 54.3. The molecule has 14 rings (SSSR count). The maximum atomic E-state index is 11.2. The average Bonchev–Trinajstić information content (AvgIpc) is 1.53. The molecule has 418 valence electrons. The van der Waals surface area contributed by atoms with Crippen LogP contribution in [0.25, 0.3) is 0 Å². The summed E-state index contributed by atoms with van der Waals surface area (Å²) in [4.78, 5) is 0. The van der Waals surface area contributed by atoms with Gasteiger partial charge in [0.05, 0.1) is 0 Å². The molecular weight excluding hydrogens is 1140 g/mol. The monoisotopic (exact) mass is 1210 g/mol. The van der Waals surface area contributed by atoms with E-state index in [9.17, 15) is 17.0 Å². The van der Waals surface area contributed by atoms with Crippen molar-refractivity contribution in [3.05, 3.63) is 308 Å². The molecule has 7 heteroatoms. The third kappa shape index (κ3) is 5.76. The average molecular weight is 1210 g/mol. The molecule has 83 heavy (non-hydrogen) atoms. The van der Waals surface area contributed by atoms with Crippen molar-refractivity contribution in [1.29, 1.82) is 0 Å². The second kappa shape index (κ2) is 18.4. The van der Waals surface area contributed by atoms with Gasteiger partial charge in [0.15, 0.2) is 0 Å². The first-order valence-electron chi connectivity index (χ1n) is 29.5. The predicted octanol–water partition coefficient (Wildman–Crippen LogP) is 20.2. The van der Waals surface area contributed by atoms with E-state index in [-0.39, 0.29) is 35.5 Å². The van der Waals surface area contributed by atoms with Crippen molar-refractivity contribution in [2.24, 2.45) is 11.8 Å². The van der Waals surface area contributed by atoms with Crippen LogP contribution in [0.1, 0.15) is 87.5 Å². The van der Waals surface area contributed by atoms with Gasteiger partial charge in [-0.2, -0.15) is 0 Å². The fraction of sp³-hybridized carbons (Fsp3) is 0.263. The minimum absolute atomic E-state index is 0.0970. The number of rotatable bonds is 8. The normalized spacial score (nSPS) is 33.7. The molecule has 4 aromatic carbocycles. The number of benzene rings is 4. The quantitative estimate of drug-likeness (QED) is 0.176. The summed E-state index contributed by atoms with van der Waals surface area (Å²) in [5, 5.41) is 0. The molecule has 8 atom stereocenters. The first-order chi connectivity index (χ1) is 40.1. The SMILES string of the molecule is COc1ccc(C2C=CC=CC3=C2C=C(C)[C]32C(C)[C]3(C(C)=CC4=C3C=CC=CC4c3ccc(OC)cc3)[Zr]23([Cl])([Cl])[C]2(C(C)=CC4=C2C=CC=CC4c2ccc(OC)cc2)C(C)[C]32C(C)=CC3=C2C=CC=CC3c2ccc(OC)cc2)cc1. The van der Waals surface area contributed by atoms with Crippen molar-refractivity contribution in [2.75, 3.05) is 28.4 Å². The molecule has 0 saturated carbocycles. The Morgan fingerprint density at radius 2 is 0.530 bits per heavy atom. The van der Waals surface area contributed by atoms with Crippen LogP contribution < -0.4 is 18.9 Å². The molecule has 0 N–H and O–H groups in total. The zero-order valence-electron chi connectivity index (χ0n) is 49.1. The van der Waals surface area contributed by atoms with Gasteiger partial charge in [-0.15, -0.1) is 0 Å². The standard InChI is InChI=1S/2C38H36O2.2ClH.Zr/c2*1-24-22-35-31(27-14-18-29(39-4)19-15-27)10-6-8-12-33(35)37(24)26(3)38-25(2)23-36-32(11-7-9-13-34(36)38)28-16-20-30(40-5)21-17-28;;;/h2*6-23,26,31-32H,1-5H3;2*1H;/q;;;;+2/p-2. The van der Waals surface area contributed by atoms with Crippen LogP contribution >= 0.6 is 17.0 Å². The van der Waals surface area contributed by atoms with Gasteiger partial charge in [-0.25, -0.2) is 0 Å². The Labute approximate surface area is 495 Å². The Morgan fingerprint density at radius 1 is 0.325 bits per heavy atom. The number of fused-ring (bicyclic) bond motifs is 8. The van der Waals surface area contributed by atoms with Crippen molar-refractivity contribution < 1.29 is 33.9 Å². The molecule has 5 spiro atoms. The van der Waals surface area contributed by atoms with Crippen LogP contribution in [0.15, 0.2) is 285 Å². The van der Waals surface area contributed by atoms with Gasteiger partial charge < -0.3 is 0 Å². The van der Waals surface area contributed by atoms with Gasteiger partial charge in [0.25, 0.3) is 0 Å². The molecular formula is C76H72Cl2O4Zr. The minimum atomic E-state index is -7.69. The second-order valence-corrected chi connectivity index (χ2v) is 52.9. The summed E-state index contributed by atoms with van der Waals surface area (Å²) in [6.45, 7) is 14.8. The number of allylic oxidation sites excluding steroid dienone is 32. The first-order valence-corrected chi connectivity index (χ1v) is 40.8. The van der Waals surface area contributed by atoms with E-state index in [0.717, 1.165) is 23.0 Å². The van der Waals surface area contributed by atoms with E-state index >= 15 is 0 Å². The molecule has 2 fully saturated rings. The van der Waals surface area contributed by atoms with Crippen molar-refractivity contribution >= 4 is 17.0 Å². The Morgan fingerprint density at radius 3 is 0.723 bits per heavy atom. The number of halogens is 2. The van der Waals surface area contributed by atoms with Crippen LogP contribution in [0, 0.1) is 11.8 Å². The number of methoxy groups -OCH3 is 4. The van der Waals surface area contributed by atoms with Crippen molar-refractivity contribution in [3.63, 3.8) is 0 Å². The third-order valence-electron chi connectivity index (χ3n) is 23.0. The Hall–Kier alpha value is -6.62. The van der Waals surface area contributed by atoms with Gasteiger partial charge in [0, 0.05) is 0 Å². The molecule has 0 aromatic heterocycles. The maximum absolute atomic E-state index is 11.2. The van der Waals surface area contributed by atoms with Gasteiger partial charge >= 0.3 is 500 Å². The van der Waals surface area contributed by atoms with Crippen LogP contribution in [-0.2, 0) is 14.9 Å². The Balaban J connectivity index is 1.18. The van der Waals surface area contributed by atoms with Crippen LogP contribution in [0.4, 0.5) is 0 Å². The zero-order valence-corrected chi connectivity index (χ0v) is 53.1. The van der Waals surface area contributed by atoms with E-state index in [4.69, 9.17) is 18.9 Å². The van der Waals surface area contributed by atoms with E-state index in [1.807, 2.05) is 0 Å². The third-order valence-corrected chi connectivity index (χ3v) is 65.4. The molecule has 0 radical (unpaired) electrons. The summed E-state index contributed by atoms with van der Waals surface area (Å²) >= 11 is -7.69. The topological polar surface area (TPSA) is 36.9 Å².